The smallest absolute Gasteiger partial charge is 0.269 e. The first-order chi connectivity index (χ1) is 8.50. The molecule has 18 heavy (non-hydrogen) atoms. The fourth-order valence-electron chi connectivity index (χ4n) is 1.08. The van der Waals surface area contributed by atoms with Crippen molar-refractivity contribution < 1.29 is 4.92 Å². The van der Waals surface area contributed by atoms with E-state index in [4.69, 9.17) is 16.6 Å². The van der Waals surface area contributed by atoms with Crippen LogP contribution in [0.2, 0.25) is 0 Å². The van der Waals surface area contributed by atoms with Crippen LogP contribution in [-0.4, -0.2) is 16.3 Å². The zero-order chi connectivity index (χ0) is 13.5. The number of nitrogens with one attached hydrogen (secondary N) is 2. The summed E-state index contributed by atoms with van der Waals surface area (Å²) in [5.41, 5.74) is 6.47. The van der Waals surface area contributed by atoms with Gasteiger partial charge in [0.2, 0.25) is 0 Å². The molecule has 0 bridgehead atoms. The lowest BCUT2D eigenvalue weighted by atomic mass is 10.1. The van der Waals surface area contributed by atoms with Crippen LogP contribution in [0.15, 0.2) is 48.6 Å². The van der Waals surface area contributed by atoms with Crippen LogP contribution in [0.25, 0.3) is 0 Å². The molecule has 0 amide bonds. The number of nitro benzene ring substituents is 1. The Morgan fingerprint density at radius 1 is 1.00 bits per heavy atom. The molecule has 1 aromatic rings. The van der Waals surface area contributed by atoms with Gasteiger partial charge in [-0.05, 0) is 24.3 Å². The van der Waals surface area contributed by atoms with Crippen LogP contribution < -0.4 is 5.73 Å². The van der Waals surface area contributed by atoms with Crippen LogP contribution >= 0.6 is 0 Å². The van der Waals surface area contributed by atoms with Gasteiger partial charge in [-0.2, -0.15) is 0 Å². The van der Waals surface area contributed by atoms with Gasteiger partial charge in [-0.3, -0.25) is 20.9 Å². The molecular weight excluding hydrogens is 232 g/mol. The van der Waals surface area contributed by atoms with Crippen LogP contribution in [0.4, 0.5) is 11.4 Å². The molecule has 0 unspecified atom stereocenters. The number of nitro groups is 1. The van der Waals surface area contributed by atoms with E-state index in [-0.39, 0.29) is 17.1 Å². The molecule has 0 fully saturated rings. The molecule has 1 aliphatic carbocycles. The second kappa shape index (κ2) is 6.09. The van der Waals surface area contributed by atoms with E-state index in [0.717, 1.165) is 0 Å². The molecule has 0 atom stereocenters. The van der Waals surface area contributed by atoms with Crippen molar-refractivity contribution in [1.29, 1.82) is 10.8 Å². The average molecular weight is 244 g/mol. The molecular formula is C12H12N4O2. The molecule has 0 aromatic heterocycles. The predicted molar refractivity (Wildman–Crippen MR) is 71.2 cm³/mol. The van der Waals surface area contributed by atoms with Crippen molar-refractivity contribution in [3.8, 4) is 0 Å². The number of nitrogens with two attached hydrogens (primary N) is 1. The summed E-state index contributed by atoms with van der Waals surface area (Å²) in [7, 11) is 0. The molecule has 0 saturated heterocycles. The summed E-state index contributed by atoms with van der Waals surface area (Å²) >= 11 is 0. The zero-order valence-corrected chi connectivity index (χ0v) is 9.46. The minimum atomic E-state index is -0.459. The van der Waals surface area contributed by atoms with Crippen LogP contribution in [0, 0.1) is 20.9 Å². The summed E-state index contributed by atoms with van der Waals surface area (Å²) in [6.07, 6.45) is 6.70. The van der Waals surface area contributed by atoms with Gasteiger partial charge in [0.05, 0.1) is 16.3 Å². The maximum atomic E-state index is 10.1. The van der Waals surface area contributed by atoms with Crippen molar-refractivity contribution in [3.63, 3.8) is 0 Å². The second-order valence-electron chi connectivity index (χ2n) is 3.39. The number of nitrogens with zero attached hydrogens (tertiary/aromatic N) is 1. The standard InChI is InChI=1S/C6H6N2O2.C6H6N2/c7-5-1-3-6(4-2-5)8(9)10;7-5-3-1-2-4-6(5)8/h1-4H,7H2;1-4,7-8H. The van der Waals surface area contributed by atoms with E-state index in [2.05, 4.69) is 0 Å². The van der Waals surface area contributed by atoms with Crippen LogP contribution in [0.5, 0.6) is 0 Å². The second-order valence-corrected chi connectivity index (χ2v) is 3.39. The lowest BCUT2D eigenvalue weighted by molar-refractivity contribution is -0.384. The van der Waals surface area contributed by atoms with Gasteiger partial charge in [0.1, 0.15) is 0 Å². The van der Waals surface area contributed by atoms with Crippen molar-refractivity contribution in [2.45, 2.75) is 0 Å². The fraction of sp³-hybridized carbons (Fsp3) is 0. The van der Waals surface area contributed by atoms with Gasteiger partial charge in [-0.15, -0.1) is 0 Å². The van der Waals surface area contributed by atoms with Gasteiger partial charge in [0, 0.05) is 17.8 Å². The third-order valence-corrected chi connectivity index (χ3v) is 2.03. The van der Waals surface area contributed by atoms with Crippen molar-refractivity contribution in [1.82, 2.24) is 0 Å². The van der Waals surface area contributed by atoms with Crippen molar-refractivity contribution in [2.75, 3.05) is 5.73 Å². The topological polar surface area (TPSA) is 117 Å². The van der Waals surface area contributed by atoms with Crippen molar-refractivity contribution in [3.05, 3.63) is 58.7 Å². The Bertz CT molecular complexity index is 508. The molecule has 2 rings (SSSR count). The number of hydrogen-bond acceptors (Lipinski definition) is 5. The number of anilines is 1. The molecule has 1 aliphatic rings. The number of nitrogen functional groups attached to an aromatic ring is 1. The van der Waals surface area contributed by atoms with Crippen LogP contribution in [-0.2, 0) is 0 Å². The average Bonchev–Trinajstić information content (AvgIpc) is 2.34. The maximum Gasteiger partial charge on any atom is 0.269 e. The Morgan fingerprint density at radius 3 is 1.78 bits per heavy atom. The highest BCUT2D eigenvalue weighted by Crippen LogP contribution is 2.11. The number of hydrogen-bond donors (Lipinski definition) is 3. The van der Waals surface area contributed by atoms with E-state index in [0.29, 0.717) is 5.69 Å². The summed E-state index contributed by atoms with van der Waals surface area (Å²) in [6, 6.07) is 5.74. The minimum Gasteiger partial charge on any atom is -0.399 e. The highest BCUT2D eigenvalue weighted by Gasteiger charge is 2.01. The molecule has 1 aromatic carbocycles. The quantitative estimate of drug-likeness (QED) is 0.304. The largest absolute Gasteiger partial charge is 0.399 e. The molecule has 4 N–H and O–H groups in total. The van der Waals surface area contributed by atoms with Gasteiger partial charge in [0.25, 0.3) is 5.69 Å². The summed E-state index contributed by atoms with van der Waals surface area (Å²) in [6.45, 7) is 0. The van der Waals surface area contributed by atoms with Gasteiger partial charge in [-0.1, -0.05) is 12.2 Å². The number of rotatable bonds is 1. The molecule has 0 saturated carbocycles. The van der Waals surface area contributed by atoms with Crippen LogP contribution in [0.3, 0.4) is 0 Å². The van der Waals surface area contributed by atoms with E-state index in [1.807, 2.05) is 0 Å². The van der Waals surface area contributed by atoms with Crippen molar-refractivity contribution in [2.24, 2.45) is 0 Å². The monoisotopic (exact) mass is 244 g/mol. The van der Waals surface area contributed by atoms with E-state index in [1.165, 1.54) is 24.3 Å². The zero-order valence-electron chi connectivity index (χ0n) is 9.46. The number of allylic oxidation sites excluding steroid dienone is 4. The van der Waals surface area contributed by atoms with Gasteiger partial charge >= 0.3 is 0 Å². The normalized spacial score (nSPS) is 12.9. The van der Waals surface area contributed by atoms with E-state index >= 15 is 0 Å². The molecule has 6 heteroatoms. The van der Waals surface area contributed by atoms with Gasteiger partial charge in [-0.25, -0.2) is 0 Å². The Labute approximate surface area is 104 Å². The minimum absolute atomic E-state index is 0.0641. The third-order valence-electron chi connectivity index (χ3n) is 2.03. The summed E-state index contributed by atoms with van der Waals surface area (Å²) < 4.78 is 0. The number of benzene rings is 1. The predicted octanol–water partition coefficient (Wildman–Crippen LogP) is 2.33. The lowest BCUT2D eigenvalue weighted by Gasteiger charge is -1.96. The Morgan fingerprint density at radius 2 is 1.44 bits per heavy atom. The molecule has 0 aliphatic heterocycles. The van der Waals surface area contributed by atoms with Gasteiger partial charge < -0.3 is 5.73 Å². The summed E-state index contributed by atoms with van der Waals surface area (Å²) in [4.78, 5) is 9.62. The molecule has 92 valence electrons. The fourth-order valence-corrected chi connectivity index (χ4v) is 1.08. The van der Waals surface area contributed by atoms with Crippen LogP contribution in [0.1, 0.15) is 0 Å². The summed E-state index contributed by atoms with van der Waals surface area (Å²) in [5.74, 6) is 0. The molecule has 0 heterocycles. The SMILES string of the molecule is N=C1C=CC=CC1=N.Nc1ccc([N+](=O)[O-])cc1. The Kier molecular flexibility index (Phi) is 4.50. The van der Waals surface area contributed by atoms with E-state index in [1.54, 1.807) is 24.3 Å². The highest BCUT2D eigenvalue weighted by molar-refractivity contribution is 6.48. The molecule has 0 spiro atoms. The first kappa shape index (κ1) is 13.3. The molecule has 6 nitrogen and oxygen atoms in total. The first-order valence-electron chi connectivity index (χ1n) is 5.03. The van der Waals surface area contributed by atoms with Crippen molar-refractivity contribution >= 4 is 22.8 Å². The Hall–Kier alpha value is -2.76. The third kappa shape index (κ3) is 4.01. The van der Waals surface area contributed by atoms with Gasteiger partial charge in [0.15, 0.2) is 0 Å². The first-order valence-corrected chi connectivity index (χ1v) is 5.03. The Balaban J connectivity index is 0.000000184. The summed E-state index contributed by atoms with van der Waals surface area (Å²) in [5, 5.41) is 24.1. The highest BCUT2D eigenvalue weighted by atomic mass is 16.6. The van der Waals surface area contributed by atoms with E-state index < -0.39 is 4.92 Å². The lowest BCUT2D eigenvalue weighted by Crippen LogP contribution is -2.06. The maximum absolute atomic E-state index is 10.1. The number of non-ortho nitro benzene ring substituents is 1. The van der Waals surface area contributed by atoms with E-state index in [9.17, 15) is 10.1 Å². The molecule has 0 radical (unpaired) electrons.